The van der Waals surface area contributed by atoms with Crippen LogP contribution in [0.1, 0.15) is 31.7 Å². The van der Waals surface area contributed by atoms with E-state index in [9.17, 15) is 8.42 Å². The van der Waals surface area contributed by atoms with Gasteiger partial charge in [-0.2, -0.15) is 5.10 Å². The molecule has 0 bridgehead atoms. The number of fused-ring (bicyclic) bond motifs is 1. The Bertz CT molecular complexity index is 914. The Morgan fingerprint density at radius 3 is 2.61 bits per heavy atom. The van der Waals surface area contributed by atoms with E-state index < -0.39 is 10.0 Å². The van der Waals surface area contributed by atoms with Crippen molar-refractivity contribution >= 4 is 26.6 Å². The third-order valence-electron chi connectivity index (χ3n) is 4.07. The van der Waals surface area contributed by atoms with E-state index in [4.69, 9.17) is 0 Å². The van der Waals surface area contributed by atoms with Gasteiger partial charge in [-0.15, -0.1) is 0 Å². The normalized spacial score (nSPS) is 13.1. The van der Waals surface area contributed by atoms with Crippen LogP contribution in [0.15, 0.2) is 53.6 Å². The number of aromatic amines is 1. The maximum atomic E-state index is 12.5. The number of rotatable bonds is 5. The molecule has 120 valence electrons. The number of benzene rings is 2. The molecule has 3 rings (SSSR count). The van der Waals surface area contributed by atoms with Crippen molar-refractivity contribution in [3.63, 3.8) is 0 Å². The lowest BCUT2D eigenvalue weighted by Crippen LogP contribution is -2.13. The van der Waals surface area contributed by atoms with Gasteiger partial charge in [-0.1, -0.05) is 26.0 Å². The molecule has 1 aromatic heterocycles. The van der Waals surface area contributed by atoms with Crippen molar-refractivity contribution in [2.45, 2.75) is 31.1 Å². The van der Waals surface area contributed by atoms with Crippen LogP contribution in [-0.4, -0.2) is 18.6 Å². The zero-order valence-electron chi connectivity index (χ0n) is 13.1. The maximum absolute atomic E-state index is 12.5. The Kier molecular flexibility index (Phi) is 4.09. The Balaban J connectivity index is 1.85. The fourth-order valence-electron chi connectivity index (χ4n) is 2.43. The summed E-state index contributed by atoms with van der Waals surface area (Å²) in [5, 5.41) is 7.69. The number of hydrogen-bond donors (Lipinski definition) is 2. The molecule has 23 heavy (non-hydrogen) atoms. The lowest BCUT2D eigenvalue weighted by molar-refractivity contribution is 0.601. The average Bonchev–Trinajstić information content (AvgIpc) is 3.01. The van der Waals surface area contributed by atoms with Crippen LogP contribution in [0.3, 0.4) is 0 Å². The maximum Gasteiger partial charge on any atom is 0.261 e. The number of sulfonamides is 1. The predicted octanol–water partition coefficient (Wildman–Crippen LogP) is 3.88. The van der Waals surface area contributed by atoms with Gasteiger partial charge < -0.3 is 0 Å². The monoisotopic (exact) mass is 329 g/mol. The molecule has 1 unspecified atom stereocenters. The molecule has 3 aromatic rings. The van der Waals surface area contributed by atoms with E-state index in [0.717, 1.165) is 22.9 Å². The third kappa shape index (κ3) is 3.22. The van der Waals surface area contributed by atoms with Gasteiger partial charge in [0.15, 0.2) is 0 Å². The molecular formula is C17H19N3O2S. The van der Waals surface area contributed by atoms with Crippen LogP contribution in [-0.2, 0) is 10.0 Å². The van der Waals surface area contributed by atoms with E-state index in [1.807, 2.05) is 18.2 Å². The Labute approximate surface area is 135 Å². The summed E-state index contributed by atoms with van der Waals surface area (Å²) in [6.45, 7) is 4.24. The SMILES string of the molecule is CCC(C)c1ccc(S(=O)(=O)Nc2ccc3cn[nH]c3c2)cc1. The molecule has 6 heteroatoms. The van der Waals surface area contributed by atoms with Gasteiger partial charge in [0.05, 0.1) is 22.3 Å². The minimum absolute atomic E-state index is 0.259. The van der Waals surface area contributed by atoms with Crippen molar-refractivity contribution in [1.29, 1.82) is 0 Å². The van der Waals surface area contributed by atoms with Gasteiger partial charge in [0.1, 0.15) is 0 Å². The quantitative estimate of drug-likeness (QED) is 0.746. The van der Waals surface area contributed by atoms with Crippen molar-refractivity contribution in [3.05, 3.63) is 54.2 Å². The van der Waals surface area contributed by atoms with Crippen LogP contribution in [0.5, 0.6) is 0 Å². The molecular weight excluding hydrogens is 310 g/mol. The van der Waals surface area contributed by atoms with Gasteiger partial charge in [-0.3, -0.25) is 9.82 Å². The second-order valence-corrected chi connectivity index (χ2v) is 7.34. The summed E-state index contributed by atoms with van der Waals surface area (Å²) in [4.78, 5) is 0.259. The zero-order chi connectivity index (χ0) is 16.4. The molecule has 0 saturated heterocycles. The summed E-state index contributed by atoms with van der Waals surface area (Å²) < 4.78 is 27.6. The first kappa shape index (κ1) is 15.6. The van der Waals surface area contributed by atoms with Gasteiger partial charge >= 0.3 is 0 Å². The molecule has 0 fully saturated rings. The molecule has 1 atom stereocenters. The highest BCUT2D eigenvalue weighted by molar-refractivity contribution is 7.92. The van der Waals surface area contributed by atoms with Crippen molar-refractivity contribution in [1.82, 2.24) is 10.2 Å². The smallest absolute Gasteiger partial charge is 0.261 e. The number of H-pyrrole nitrogens is 1. The van der Waals surface area contributed by atoms with Crippen LogP contribution in [0.25, 0.3) is 10.9 Å². The summed E-state index contributed by atoms with van der Waals surface area (Å²) in [6.07, 6.45) is 2.72. The number of anilines is 1. The third-order valence-corrected chi connectivity index (χ3v) is 5.46. The molecule has 5 nitrogen and oxygen atoms in total. The van der Waals surface area contributed by atoms with Crippen molar-refractivity contribution < 1.29 is 8.42 Å². The number of nitrogens with one attached hydrogen (secondary N) is 2. The molecule has 2 aromatic carbocycles. The standard InChI is InChI=1S/C17H19N3O2S/c1-3-12(2)13-5-8-16(9-6-13)23(21,22)20-15-7-4-14-11-18-19-17(14)10-15/h4-12,20H,3H2,1-2H3,(H,18,19). The fourth-order valence-corrected chi connectivity index (χ4v) is 3.48. The number of hydrogen-bond acceptors (Lipinski definition) is 3. The lowest BCUT2D eigenvalue weighted by atomic mass is 9.99. The van der Waals surface area contributed by atoms with E-state index in [2.05, 4.69) is 28.8 Å². The van der Waals surface area contributed by atoms with E-state index in [-0.39, 0.29) is 4.90 Å². The highest BCUT2D eigenvalue weighted by atomic mass is 32.2. The second-order valence-electron chi connectivity index (χ2n) is 5.66. The van der Waals surface area contributed by atoms with Gasteiger partial charge in [-0.25, -0.2) is 8.42 Å². The van der Waals surface area contributed by atoms with Crippen molar-refractivity contribution in [3.8, 4) is 0 Å². The lowest BCUT2D eigenvalue weighted by Gasteiger charge is -2.11. The summed E-state index contributed by atoms with van der Waals surface area (Å²) in [6, 6.07) is 12.3. The van der Waals surface area contributed by atoms with Gasteiger partial charge in [-0.05, 0) is 48.2 Å². The minimum atomic E-state index is -3.60. The summed E-state index contributed by atoms with van der Waals surface area (Å²) in [5.74, 6) is 0.419. The van der Waals surface area contributed by atoms with Gasteiger partial charge in [0, 0.05) is 5.39 Å². The molecule has 0 aliphatic carbocycles. The summed E-state index contributed by atoms with van der Waals surface area (Å²) >= 11 is 0. The van der Waals surface area contributed by atoms with E-state index in [0.29, 0.717) is 11.6 Å². The molecule has 0 aliphatic rings. The van der Waals surface area contributed by atoms with Gasteiger partial charge in [0.2, 0.25) is 0 Å². The fraction of sp³-hybridized carbons (Fsp3) is 0.235. The Hall–Kier alpha value is -2.34. The highest BCUT2D eigenvalue weighted by Crippen LogP contribution is 2.23. The zero-order valence-corrected chi connectivity index (χ0v) is 13.9. The van der Waals surface area contributed by atoms with Crippen LogP contribution in [0.2, 0.25) is 0 Å². The molecule has 0 spiro atoms. The second kappa shape index (κ2) is 6.04. The van der Waals surface area contributed by atoms with Gasteiger partial charge in [0.25, 0.3) is 10.0 Å². The predicted molar refractivity (Wildman–Crippen MR) is 92.1 cm³/mol. The van der Waals surface area contributed by atoms with E-state index >= 15 is 0 Å². The molecule has 0 aliphatic heterocycles. The van der Waals surface area contributed by atoms with E-state index in [1.165, 1.54) is 0 Å². The minimum Gasteiger partial charge on any atom is -0.280 e. The highest BCUT2D eigenvalue weighted by Gasteiger charge is 2.15. The topological polar surface area (TPSA) is 74.8 Å². The van der Waals surface area contributed by atoms with Crippen LogP contribution < -0.4 is 4.72 Å². The summed E-state index contributed by atoms with van der Waals surface area (Å²) in [7, 11) is -3.60. The Morgan fingerprint density at radius 2 is 1.91 bits per heavy atom. The number of nitrogens with zero attached hydrogens (tertiary/aromatic N) is 1. The first-order valence-corrected chi connectivity index (χ1v) is 9.04. The molecule has 0 radical (unpaired) electrons. The molecule has 1 heterocycles. The average molecular weight is 329 g/mol. The number of aromatic nitrogens is 2. The van der Waals surface area contributed by atoms with Crippen LogP contribution >= 0.6 is 0 Å². The van der Waals surface area contributed by atoms with Crippen molar-refractivity contribution in [2.75, 3.05) is 4.72 Å². The first-order chi connectivity index (χ1) is 11.0. The molecule has 0 saturated carbocycles. The molecule has 0 amide bonds. The van der Waals surface area contributed by atoms with Crippen molar-refractivity contribution in [2.24, 2.45) is 0 Å². The summed E-state index contributed by atoms with van der Waals surface area (Å²) in [5.41, 5.74) is 2.44. The molecule has 2 N–H and O–H groups in total. The van der Waals surface area contributed by atoms with Crippen LogP contribution in [0.4, 0.5) is 5.69 Å². The first-order valence-electron chi connectivity index (χ1n) is 7.55. The van der Waals surface area contributed by atoms with Crippen LogP contribution in [0, 0.1) is 0 Å². The Morgan fingerprint density at radius 1 is 1.17 bits per heavy atom. The largest absolute Gasteiger partial charge is 0.280 e. The van der Waals surface area contributed by atoms with E-state index in [1.54, 1.807) is 30.5 Å².